The summed E-state index contributed by atoms with van der Waals surface area (Å²) in [6, 6.07) is 0. The Morgan fingerprint density at radius 1 is 1.07 bits per heavy atom. The van der Waals surface area contributed by atoms with Gasteiger partial charge in [0.05, 0.1) is 12.0 Å². The van der Waals surface area contributed by atoms with Gasteiger partial charge in [-0.05, 0) is 17.3 Å². The lowest BCUT2D eigenvalue weighted by Gasteiger charge is -2.42. The van der Waals surface area contributed by atoms with Crippen LogP contribution in [0.15, 0.2) is 0 Å². The predicted octanol–water partition coefficient (Wildman–Crippen LogP) is 2.65. The quantitative estimate of drug-likeness (QED) is 0.711. The van der Waals surface area contributed by atoms with Crippen molar-refractivity contribution in [1.29, 1.82) is 0 Å². The molecular weight excluding hydrogens is 176 g/mol. The molecule has 84 valence electrons. The minimum absolute atomic E-state index is 0.0525. The minimum Gasteiger partial charge on any atom is -0.395 e. The lowest BCUT2D eigenvalue weighted by Crippen LogP contribution is -2.43. The Morgan fingerprint density at radius 2 is 1.50 bits per heavy atom. The molecule has 0 saturated heterocycles. The van der Waals surface area contributed by atoms with Crippen LogP contribution in [-0.4, -0.2) is 18.0 Å². The van der Waals surface area contributed by atoms with E-state index < -0.39 is 5.41 Å². The van der Waals surface area contributed by atoms with Crippen molar-refractivity contribution in [1.82, 2.24) is 0 Å². The molecule has 0 aliphatic rings. The molecule has 0 aromatic rings. The summed E-state index contributed by atoms with van der Waals surface area (Å²) in [5.74, 6) is 0. The highest BCUT2D eigenvalue weighted by molar-refractivity contribution is 5.61. The molecule has 0 saturated carbocycles. The molecule has 14 heavy (non-hydrogen) atoms. The van der Waals surface area contributed by atoms with Crippen molar-refractivity contribution < 1.29 is 9.90 Å². The van der Waals surface area contributed by atoms with E-state index in [1.165, 1.54) is 0 Å². The van der Waals surface area contributed by atoms with E-state index in [9.17, 15) is 9.90 Å². The molecule has 0 spiro atoms. The summed E-state index contributed by atoms with van der Waals surface area (Å²) in [6.45, 7) is 12.2. The van der Waals surface area contributed by atoms with Gasteiger partial charge in [-0.3, -0.25) is 0 Å². The van der Waals surface area contributed by atoms with Gasteiger partial charge in [0.15, 0.2) is 0 Å². The Bertz CT molecular complexity index is 195. The monoisotopic (exact) mass is 200 g/mol. The molecule has 1 atom stereocenters. The van der Waals surface area contributed by atoms with E-state index in [2.05, 4.69) is 20.8 Å². The summed E-state index contributed by atoms with van der Waals surface area (Å²) in [5.41, 5.74) is -0.765. The van der Waals surface area contributed by atoms with Crippen molar-refractivity contribution >= 4 is 6.29 Å². The Kier molecular flexibility index (Phi) is 3.91. The smallest absolute Gasteiger partial charge is 0.128 e. The Labute approximate surface area is 87.7 Å². The van der Waals surface area contributed by atoms with Crippen molar-refractivity contribution in [3.05, 3.63) is 0 Å². The van der Waals surface area contributed by atoms with Crippen LogP contribution in [0.1, 0.15) is 48.0 Å². The molecule has 0 fully saturated rings. The van der Waals surface area contributed by atoms with E-state index >= 15 is 0 Å². The average molecular weight is 200 g/mol. The molecule has 2 nitrogen and oxygen atoms in total. The third-order valence-electron chi connectivity index (χ3n) is 2.85. The largest absolute Gasteiger partial charge is 0.395 e. The van der Waals surface area contributed by atoms with Crippen LogP contribution in [0.4, 0.5) is 0 Å². The molecule has 0 heterocycles. The standard InChI is InChI=1S/C12H24O2/c1-10(2,3)7-12(8-13,9-14)11(4,5)6/h8,14H,7,9H2,1-6H3. The van der Waals surface area contributed by atoms with Gasteiger partial charge in [-0.15, -0.1) is 0 Å². The van der Waals surface area contributed by atoms with Gasteiger partial charge in [-0.25, -0.2) is 0 Å². The summed E-state index contributed by atoms with van der Waals surface area (Å²) in [5, 5.41) is 9.44. The first-order valence-corrected chi connectivity index (χ1v) is 5.15. The highest BCUT2D eigenvalue weighted by Crippen LogP contribution is 2.44. The van der Waals surface area contributed by atoms with Gasteiger partial charge >= 0.3 is 0 Å². The molecule has 0 aliphatic heterocycles. The fraction of sp³-hybridized carbons (Fsp3) is 0.917. The second-order valence-corrected chi connectivity index (χ2v) is 6.42. The van der Waals surface area contributed by atoms with Crippen molar-refractivity contribution in [3.8, 4) is 0 Å². The highest BCUT2D eigenvalue weighted by atomic mass is 16.3. The van der Waals surface area contributed by atoms with E-state index in [1.807, 2.05) is 20.8 Å². The highest BCUT2D eigenvalue weighted by Gasteiger charge is 2.43. The van der Waals surface area contributed by atoms with E-state index in [0.717, 1.165) is 6.29 Å². The lowest BCUT2D eigenvalue weighted by molar-refractivity contribution is -0.129. The van der Waals surface area contributed by atoms with Crippen molar-refractivity contribution in [2.75, 3.05) is 6.61 Å². The topological polar surface area (TPSA) is 37.3 Å². The van der Waals surface area contributed by atoms with Crippen molar-refractivity contribution in [3.63, 3.8) is 0 Å². The fourth-order valence-electron chi connectivity index (χ4n) is 1.76. The van der Waals surface area contributed by atoms with Crippen LogP contribution in [0.2, 0.25) is 0 Å². The second-order valence-electron chi connectivity index (χ2n) is 6.42. The van der Waals surface area contributed by atoms with Gasteiger partial charge in [0.1, 0.15) is 6.29 Å². The maximum atomic E-state index is 11.2. The molecule has 1 N–H and O–H groups in total. The van der Waals surface area contributed by atoms with Crippen LogP contribution in [-0.2, 0) is 4.79 Å². The van der Waals surface area contributed by atoms with Crippen LogP contribution in [0.5, 0.6) is 0 Å². The number of aldehydes is 1. The van der Waals surface area contributed by atoms with Gasteiger partial charge in [0, 0.05) is 0 Å². The maximum Gasteiger partial charge on any atom is 0.128 e. The van der Waals surface area contributed by atoms with E-state index in [0.29, 0.717) is 6.42 Å². The first-order valence-electron chi connectivity index (χ1n) is 5.15. The zero-order valence-electron chi connectivity index (χ0n) is 10.3. The number of carbonyl (C=O) groups excluding carboxylic acids is 1. The van der Waals surface area contributed by atoms with E-state index in [4.69, 9.17) is 0 Å². The molecule has 0 aromatic carbocycles. The Balaban J connectivity index is 5.01. The summed E-state index contributed by atoms with van der Waals surface area (Å²) in [7, 11) is 0. The number of aliphatic hydroxyl groups is 1. The van der Waals surface area contributed by atoms with Gasteiger partial charge in [0.2, 0.25) is 0 Å². The Hall–Kier alpha value is -0.370. The molecule has 0 aromatic heterocycles. The minimum atomic E-state index is -0.620. The summed E-state index contributed by atoms with van der Waals surface area (Å²) < 4.78 is 0. The fourth-order valence-corrected chi connectivity index (χ4v) is 1.76. The number of hydrogen-bond acceptors (Lipinski definition) is 2. The lowest BCUT2D eigenvalue weighted by atomic mass is 9.61. The summed E-state index contributed by atoms with van der Waals surface area (Å²) in [4.78, 5) is 11.2. The molecule has 0 rings (SSSR count). The average Bonchev–Trinajstić information content (AvgIpc) is 1.96. The van der Waals surface area contributed by atoms with Crippen LogP contribution in [0, 0.1) is 16.2 Å². The van der Waals surface area contributed by atoms with Crippen molar-refractivity contribution in [2.45, 2.75) is 48.0 Å². The number of rotatable bonds is 3. The third-order valence-corrected chi connectivity index (χ3v) is 2.85. The molecule has 0 aliphatic carbocycles. The SMILES string of the molecule is CC(C)(C)CC(C=O)(CO)C(C)(C)C. The molecule has 1 unspecified atom stereocenters. The van der Waals surface area contributed by atoms with Crippen LogP contribution in [0.25, 0.3) is 0 Å². The first kappa shape index (κ1) is 13.6. The zero-order chi connectivity index (χ0) is 11.6. The van der Waals surface area contributed by atoms with E-state index in [-0.39, 0.29) is 17.4 Å². The molecule has 0 radical (unpaired) electrons. The first-order chi connectivity index (χ1) is 6.08. The van der Waals surface area contributed by atoms with E-state index in [1.54, 1.807) is 0 Å². The number of carbonyl (C=O) groups is 1. The predicted molar refractivity (Wildman–Crippen MR) is 59.1 cm³/mol. The van der Waals surface area contributed by atoms with Gasteiger partial charge in [-0.1, -0.05) is 41.5 Å². The van der Waals surface area contributed by atoms with Crippen molar-refractivity contribution in [2.24, 2.45) is 16.2 Å². The Morgan fingerprint density at radius 3 is 1.57 bits per heavy atom. The number of hydrogen-bond donors (Lipinski definition) is 1. The zero-order valence-corrected chi connectivity index (χ0v) is 10.3. The van der Waals surface area contributed by atoms with Crippen LogP contribution >= 0.6 is 0 Å². The van der Waals surface area contributed by atoms with Crippen LogP contribution in [0.3, 0.4) is 0 Å². The summed E-state index contributed by atoms with van der Waals surface area (Å²) >= 11 is 0. The second kappa shape index (κ2) is 4.01. The summed E-state index contributed by atoms with van der Waals surface area (Å²) in [6.07, 6.45) is 1.64. The normalized spacial score (nSPS) is 17.6. The molecule has 2 heteroatoms. The van der Waals surface area contributed by atoms with Gasteiger partial charge in [0.25, 0.3) is 0 Å². The molecular formula is C12H24O2. The van der Waals surface area contributed by atoms with Gasteiger partial charge in [-0.2, -0.15) is 0 Å². The molecule has 0 bridgehead atoms. The van der Waals surface area contributed by atoms with Gasteiger partial charge < -0.3 is 9.90 Å². The number of aliphatic hydroxyl groups excluding tert-OH is 1. The molecule has 0 amide bonds. The van der Waals surface area contributed by atoms with Crippen LogP contribution < -0.4 is 0 Å². The maximum absolute atomic E-state index is 11.2. The third kappa shape index (κ3) is 3.09.